The van der Waals surface area contributed by atoms with E-state index in [1.165, 1.54) is 41.7 Å². The fraction of sp³-hybridized carbons (Fsp3) is 0.222. The molecule has 0 radical (unpaired) electrons. The molecule has 3 N–H and O–H groups in total. The quantitative estimate of drug-likeness (QED) is 0.380. The van der Waals surface area contributed by atoms with Gasteiger partial charge in [0, 0.05) is 22.7 Å². The van der Waals surface area contributed by atoms with Crippen molar-refractivity contribution in [2.24, 2.45) is 5.92 Å². The molecular weight excluding hydrogens is 431 g/mol. The number of rotatable bonds is 4. The molecule has 3 atom stereocenters. The number of nitro benzene ring substituents is 1. The van der Waals surface area contributed by atoms with Crippen LogP contribution in [0.5, 0.6) is 0 Å². The highest BCUT2D eigenvalue weighted by molar-refractivity contribution is 6.30. The molecule has 0 spiro atoms. The minimum absolute atomic E-state index is 0.158. The predicted molar refractivity (Wildman–Crippen MR) is 97.8 cm³/mol. The van der Waals surface area contributed by atoms with E-state index < -0.39 is 46.3 Å². The molecule has 0 unspecified atom stereocenters. The number of carbonyl (C=O) groups excluding carboxylic acids is 2. The van der Waals surface area contributed by atoms with Crippen molar-refractivity contribution in [3.8, 4) is 0 Å². The number of ketones is 1. The molecule has 30 heavy (non-hydrogen) atoms. The lowest BCUT2D eigenvalue weighted by atomic mass is 9.77. The Morgan fingerprint density at radius 2 is 1.83 bits per heavy atom. The summed E-state index contributed by atoms with van der Waals surface area (Å²) in [6.45, 7) is 0. The molecule has 2 amide bonds. The Hall–Kier alpha value is -3.18. The second kappa shape index (κ2) is 7.58. The first-order valence-corrected chi connectivity index (χ1v) is 8.74. The topological polar surface area (TPSA) is 122 Å². The fourth-order valence-electron chi connectivity index (χ4n) is 3.24. The molecule has 8 nitrogen and oxygen atoms in total. The van der Waals surface area contributed by atoms with E-state index in [9.17, 15) is 38.0 Å². The molecule has 3 rings (SSSR count). The molecule has 1 saturated heterocycles. The number of aliphatic hydroxyl groups is 1. The summed E-state index contributed by atoms with van der Waals surface area (Å²) in [4.78, 5) is 35.3. The van der Waals surface area contributed by atoms with E-state index in [4.69, 9.17) is 11.6 Å². The van der Waals surface area contributed by atoms with Crippen molar-refractivity contribution in [2.45, 2.75) is 17.9 Å². The van der Waals surface area contributed by atoms with Gasteiger partial charge in [-0.1, -0.05) is 23.7 Å². The van der Waals surface area contributed by atoms with Gasteiger partial charge in [0.25, 0.3) is 5.69 Å². The van der Waals surface area contributed by atoms with Crippen LogP contribution in [-0.4, -0.2) is 33.7 Å². The molecule has 2 aromatic rings. The predicted octanol–water partition coefficient (Wildman–Crippen LogP) is 3.35. The Morgan fingerprint density at radius 1 is 1.20 bits per heavy atom. The summed E-state index contributed by atoms with van der Waals surface area (Å²) in [7, 11) is 0. The Morgan fingerprint density at radius 3 is 2.40 bits per heavy atom. The van der Waals surface area contributed by atoms with Crippen LogP contribution in [0.2, 0.25) is 5.02 Å². The second-order valence-electron chi connectivity index (χ2n) is 6.54. The molecule has 12 heteroatoms. The van der Waals surface area contributed by atoms with E-state index in [2.05, 4.69) is 5.32 Å². The zero-order valence-corrected chi connectivity index (χ0v) is 15.6. The normalized spacial score (nSPS) is 24.0. The molecule has 0 bridgehead atoms. The molecule has 1 aliphatic rings. The van der Waals surface area contributed by atoms with Gasteiger partial charge in [-0.15, -0.1) is 0 Å². The first-order valence-electron chi connectivity index (χ1n) is 8.36. The summed E-state index contributed by atoms with van der Waals surface area (Å²) in [6, 6.07) is 6.20. The third-order valence-corrected chi connectivity index (χ3v) is 4.91. The number of benzene rings is 2. The van der Waals surface area contributed by atoms with E-state index in [1.807, 2.05) is 0 Å². The lowest BCUT2D eigenvalue weighted by Crippen LogP contribution is -2.72. The van der Waals surface area contributed by atoms with E-state index in [1.54, 1.807) is 0 Å². The van der Waals surface area contributed by atoms with Crippen LogP contribution in [0.3, 0.4) is 0 Å². The number of nitrogens with one attached hydrogen (secondary N) is 2. The Balaban J connectivity index is 2.18. The van der Waals surface area contributed by atoms with Gasteiger partial charge in [0.15, 0.2) is 5.78 Å². The molecule has 2 aromatic carbocycles. The maximum Gasteiger partial charge on any atom is 0.437 e. The van der Waals surface area contributed by atoms with Crippen molar-refractivity contribution >= 4 is 29.1 Å². The first-order chi connectivity index (χ1) is 13.9. The number of non-ortho nitro benzene ring substituents is 1. The minimum atomic E-state index is -5.43. The van der Waals surface area contributed by atoms with Gasteiger partial charge >= 0.3 is 12.2 Å². The standard InChI is InChI=1S/C18H13ClF3N3O5/c19-11-6-4-9(5-7-11)15(26)13-14(10-2-1-3-12(8-10)25(29)30)23-16(27)24-17(13,28)18(20,21)22/h1-8,13-14,28H,(H2,23,24,27)/t13-,14+,17+/m1/s1. The van der Waals surface area contributed by atoms with Crippen LogP contribution in [0.15, 0.2) is 48.5 Å². The third-order valence-electron chi connectivity index (χ3n) is 4.66. The van der Waals surface area contributed by atoms with Crippen molar-refractivity contribution in [3.63, 3.8) is 0 Å². The summed E-state index contributed by atoms with van der Waals surface area (Å²) in [5.41, 5.74) is -4.76. The lowest BCUT2D eigenvalue weighted by molar-refractivity contribution is -0.385. The van der Waals surface area contributed by atoms with Crippen LogP contribution >= 0.6 is 11.6 Å². The number of amides is 2. The van der Waals surface area contributed by atoms with Crippen LogP contribution in [0.1, 0.15) is 22.0 Å². The zero-order chi connectivity index (χ0) is 22.3. The van der Waals surface area contributed by atoms with Gasteiger partial charge in [-0.25, -0.2) is 4.79 Å². The Bertz CT molecular complexity index is 1010. The van der Waals surface area contributed by atoms with Crippen LogP contribution in [-0.2, 0) is 0 Å². The number of urea groups is 1. The highest BCUT2D eigenvalue weighted by atomic mass is 35.5. The largest absolute Gasteiger partial charge is 0.437 e. The molecule has 0 saturated carbocycles. The summed E-state index contributed by atoms with van der Waals surface area (Å²) in [5, 5.41) is 25.3. The van der Waals surface area contributed by atoms with Gasteiger partial charge in [-0.2, -0.15) is 13.2 Å². The number of Topliss-reactive ketones (excluding diaryl/α,β-unsaturated/α-hetero) is 1. The average molecular weight is 444 g/mol. The van der Waals surface area contributed by atoms with Crippen molar-refractivity contribution < 1.29 is 32.8 Å². The van der Waals surface area contributed by atoms with Gasteiger partial charge in [-0.3, -0.25) is 14.9 Å². The number of nitro groups is 1. The molecular formula is C18H13ClF3N3O5. The van der Waals surface area contributed by atoms with E-state index >= 15 is 0 Å². The number of hydrogen-bond acceptors (Lipinski definition) is 5. The van der Waals surface area contributed by atoms with Crippen molar-refractivity contribution in [2.75, 3.05) is 0 Å². The van der Waals surface area contributed by atoms with E-state index in [0.717, 1.165) is 12.1 Å². The maximum absolute atomic E-state index is 13.8. The minimum Gasteiger partial charge on any atom is -0.363 e. The number of halogens is 4. The van der Waals surface area contributed by atoms with Crippen molar-refractivity contribution in [1.29, 1.82) is 0 Å². The Labute approximate surface area is 171 Å². The SMILES string of the molecule is O=C1N[C@@H](c2cccc([N+](=O)[O-])c2)[C@H](C(=O)c2ccc(Cl)cc2)[C@](O)(C(F)(F)F)N1. The third kappa shape index (κ3) is 3.81. The maximum atomic E-state index is 13.8. The average Bonchev–Trinajstić information content (AvgIpc) is 2.66. The summed E-state index contributed by atoms with van der Waals surface area (Å²) in [6.07, 6.45) is -5.43. The van der Waals surface area contributed by atoms with Crippen LogP contribution in [0, 0.1) is 16.0 Å². The highest BCUT2D eigenvalue weighted by Gasteiger charge is 2.66. The number of alkyl halides is 3. The summed E-state index contributed by atoms with van der Waals surface area (Å²) >= 11 is 5.75. The molecule has 158 valence electrons. The number of hydrogen-bond donors (Lipinski definition) is 3. The van der Waals surface area contributed by atoms with Crippen molar-refractivity contribution in [1.82, 2.24) is 10.6 Å². The highest BCUT2D eigenvalue weighted by Crippen LogP contribution is 2.44. The zero-order valence-electron chi connectivity index (χ0n) is 14.8. The molecule has 0 aromatic heterocycles. The number of nitrogens with zero attached hydrogens (tertiary/aromatic N) is 1. The summed E-state index contributed by atoms with van der Waals surface area (Å²) in [5.74, 6) is -3.45. The van der Waals surface area contributed by atoms with Gasteiger partial charge < -0.3 is 15.7 Å². The lowest BCUT2D eigenvalue weighted by Gasteiger charge is -2.45. The van der Waals surface area contributed by atoms with Crippen LogP contribution in [0.25, 0.3) is 0 Å². The van der Waals surface area contributed by atoms with Gasteiger partial charge in [0.05, 0.1) is 11.0 Å². The number of carbonyl (C=O) groups is 2. The van der Waals surface area contributed by atoms with Crippen LogP contribution < -0.4 is 10.6 Å². The fourth-order valence-corrected chi connectivity index (χ4v) is 3.37. The van der Waals surface area contributed by atoms with E-state index in [0.29, 0.717) is 0 Å². The smallest absolute Gasteiger partial charge is 0.363 e. The molecule has 0 aliphatic carbocycles. The monoisotopic (exact) mass is 443 g/mol. The second-order valence-corrected chi connectivity index (χ2v) is 6.98. The van der Waals surface area contributed by atoms with Crippen molar-refractivity contribution in [3.05, 3.63) is 74.8 Å². The molecule has 1 heterocycles. The first kappa shape index (κ1) is 21.5. The van der Waals surface area contributed by atoms with Gasteiger partial charge in [0.2, 0.25) is 5.72 Å². The molecule has 1 fully saturated rings. The van der Waals surface area contributed by atoms with Gasteiger partial charge in [-0.05, 0) is 29.8 Å². The van der Waals surface area contributed by atoms with Crippen LogP contribution in [0.4, 0.5) is 23.7 Å². The summed E-state index contributed by atoms with van der Waals surface area (Å²) < 4.78 is 41.4. The van der Waals surface area contributed by atoms with Gasteiger partial charge in [0.1, 0.15) is 5.92 Å². The Kier molecular flexibility index (Phi) is 5.44. The van der Waals surface area contributed by atoms with E-state index in [-0.39, 0.29) is 16.1 Å². The molecule has 1 aliphatic heterocycles.